The molecule has 1 radical (unpaired) electrons. The minimum absolute atomic E-state index is 0.136. The SMILES string of the molecule is CC(=O)Nc1cc2c(c(C3=CC=CC3)c1NC(C)=O)[CH]([Sn]([CH3])[CH3])c1ccccc1-2. The molecule has 1 atom stereocenters. The summed E-state index contributed by atoms with van der Waals surface area (Å²) >= 11 is -1.74. The van der Waals surface area contributed by atoms with Gasteiger partial charge in [-0.2, -0.15) is 0 Å². The van der Waals surface area contributed by atoms with Crippen molar-refractivity contribution < 1.29 is 9.59 Å². The van der Waals surface area contributed by atoms with Crippen LogP contribution in [0.1, 0.15) is 40.9 Å². The van der Waals surface area contributed by atoms with Gasteiger partial charge in [0.15, 0.2) is 0 Å². The molecule has 2 aliphatic carbocycles. The van der Waals surface area contributed by atoms with Crippen molar-refractivity contribution in [2.75, 3.05) is 10.6 Å². The summed E-state index contributed by atoms with van der Waals surface area (Å²) in [6.07, 6.45) is 7.17. The van der Waals surface area contributed by atoms with Gasteiger partial charge < -0.3 is 0 Å². The van der Waals surface area contributed by atoms with Crippen molar-refractivity contribution in [2.45, 2.75) is 34.1 Å². The quantitative estimate of drug-likeness (QED) is 0.566. The van der Waals surface area contributed by atoms with E-state index in [4.69, 9.17) is 0 Å². The third-order valence-corrected chi connectivity index (χ3v) is 10.5. The Bertz CT molecular complexity index is 1080. The molecule has 0 fully saturated rings. The topological polar surface area (TPSA) is 58.2 Å². The molecule has 5 heteroatoms. The minimum atomic E-state index is -1.74. The first-order valence-electron chi connectivity index (χ1n) is 9.90. The van der Waals surface area contributed by atoms with Crippen molar-refractivity contribution in [3.05, 3.63) is 65.3 Å². The van der Waals surface area contributed by atoms with E-state index < -0.39 is 19.8 Å². The van der Waals surface area contributed by atoms with Crippen LogP contribution >= 0.6 is 0 Å². The summed E-state index contributed by atoms with van der Waals surface area (Å²) in [5.41, 5.74) is 8.85. The molecular weight excluding hydrogens is 467 g/mol. The predicted octanol–water partition coefficient (Wildman–Crippen LogP) is 5.35. The van der Waals surface area contributed by atoms with Crippen LogP contribution in [-0.2, 0) is 9.59 Å². The second-order valence-electron chi connectivity index (χ2n) is 7.92. The molecule has 4 rings (SSSR count). The fourth-order valence-electron chi connectivity index (χ4n) is 4.53. The average Bonchev–Trinajstić information content (AvgIpc) is 3.27. The zero-order valence-corrected chi connectivity index (χ0v) is 20.1. The fraction of sp³-hybridized carbons (Fsp3) is 0.250. The van der Waals surface area contributed by atoms with Crippen molar-refractivity contribution in [1.29, 1.82) is 0 Å². The number of hydrogen-bond donors (Lipinski definition) is 2. The van der Waals surface area contributed by atoms with Crippen LogP contribution in [0.25, 0.3) is 16.7 Å². The number of carbonyl (C=O) groups is 2. The van der Waals surface area contributed by atoms with Gasteiger partial charge >= 0.3 is 179 Å². The molecule has 0 aromatic heterocycles. The van der Waals surface area contributed by atoms with E-state index in [1.54, 1.807) is 0 Å². The van der Waals surface area contributed by atoms with E-state index in [0.29, 0.717) is 9.62 Å². The van der Waals surface area contributed by atoms with E-state index >= 15 is 0 Å². The van der Waals surface area contributed by atoms with Crippen molar-refractivity contribution in [3.63, 3.8) is 0 Å². The summed E-state index contributed by atoms with van der Waals surface area (Å²) < 4.78 is 0.430. The summed E-state index contributed by atoms with van der Waals surface area (Å²) in [6, 6.07) is 10.7. The van der Waals surface area contributed by atoms with E-state index in [1.165, 1.54) is 41.7 Å². The normalized spacial score (nSPS) is 16.4. The molecule has 2 aromatic carbocycles. The van der Waals surface area contributed by atoms with E-state index in [-0.39, 0.29) is 11.8 Å². The molecule has 0 saturated carbocycles. The summed E-state index contributed by atoms with van der Waals surface area (Å²) in [6.45, 7) is 3.02. The van der Waals surface area contributed by atoms with Gasteiger partial charge in [0, 0.05) is 0 Å². The molecule has 0 spiro atoms. The maximum atomic E-state index is 12.1. The Balaban J connectivity index is 2.08. The zero-order chi connectivity index (χ0) is 20.7. The van der Waals surface area contributed by atoms with Gasteiger partial charge in [-0.15, -0.1) is 0 Å². The number of rotatable bonds is 4. The van der Waals surface area contributed by atoms with Crippen LogP contribution in [-0.4, -0.2) is 31.6 Å². The number of amides is 2. The number of anilines is 2. The second kappa shape index (κ2) is 7.82. The summed E-state index contributed by atoms with van der Waals surface area (Å²) in [4.78, 5) is 28.9. The first kappa shape index (κ1) is 20.0. The Hall–Kier alpha value is -2.34. The molecule has 2 aliphatic rings. The van der Waals surface area contributed by atoms with Crippen molar-refractivity contribution in [3.8, 4) is 11.1 Å². The third-order valence-electron chi connectivity index (χ3n) is 5.50. The summed E-state index contributed by atoms with van der Waals surface area (Å²) in [7, 11) is 0. The molecule has 4 nitrogen and oxygen atoms in total. The molecular formula is C24H25N2O2Sn. The van der Waals surface area contributed by atoms with Crippen LogP contribution in [0.3, 0.4) is 0 Å². The van der Waals surface area contributed by atoms with Crippen LogP contribution in [0.15, 0.2) is 48.6 Å². The van der Waals surface area contributed by atoms with Gasteiger partial charge in [-0.05, 0) is 0 Å². The number of carbonyl (C=O) groups excluding carboxylic acids is 2. The van der Waals surface area contributed by atoms with E-state index in [0.717, 1.165) is 17.7 Å². The van der Waals surface area contributed by atoms with E-state index in [2.05, 4.69) is 69.1 Å². The molecule has 2 amide bonds. The molecule has 2 N–H and O–H groups in total. The van der Waals surface area contributed by atoms with Gasteiger partial charge in [0.25, 0.3) is 0 Å². The molecule has 2 aromatic rings. The van der Waals surface area contributed by atoms with Gasteiger partial charge in [0.05, 0.1) is 0 Å². The van der Waals surface area contributed by atoms with Crippen molar-refractivity contribution >= 4 is 48.5 Å². The van der Waals surface area contributed by atoms with E-state index in [9.17, 15) is 9.59 Å². The summed E-state index contributed by atoms with van der Waals surface area (Å²) in [5.74, 6) is -0.283. The second-order valence-corrected chi connectivity index (χ2v) is 15.7. The molecule has 0 bridgehead atoms. The standard InChI is InChI=1S/C22H19N2O2.2CH3.Sn/c1-13(25)23-20-12-18-17-10-6-5-9-16(17)11-19(18)21(15-7-3-4-8-15)22(20)24-14(2)26;;;/h3-7,9-12H,8H2,1-2H3,(H,23,25)(H,24,26);2*1H3;. The number of hydrogen-bond acceptors (Lipinski definition) is 2. The Morgan fingerprint density at radius 2 is 1.76 bits per heavy atom. The van der Waals surface area contributed by atoms with Crippen LogP contribution in [0.2, 0.25) is 9.88 Å². The Kier molecular flexibility index (Phi) is 5.38. The van der Waals surface area contributed by atoms with Crippen LogP contribution in [0.5, 0.6) is 0 Å². The first-order valence-corrected chi connectivity index (χ1v) is 17.3. The maximum absolute atomic E-state index is 12.1. The van der Waals surface area contributed by atoms with Gasteiger partial charge in [0.2, 0.25) is 0 Å². The zero-order valence-electron chi connectivity index (χ0n) is 17.2. The average molecular weight is 492 g/mol. The van der Waals surface area contributed by atoms with Crippen LogP contribution < -0.4 is 10.6 Å². The van der Waals surface area contributed by atoms with Gasteiger partial charge in [-0.25, -0.2) is 0 Å². The third kappa shape index (κ3) is 3.54. The van der Waals surface area contributed by atoms with E-state index in [1.807, 2.05) is 0 Å². The predicted molar refractivity (Wildman–Crippen MR) is 122 cm³/mol. The number of nitrogens with one attached hydrogen (secondary N) is 2. The fourth-order valence-corrected chi connectivity index (χ4v) is 9.53. The molecule has 0 saturated heterocycles. The van der Waals surface area contributed by atoms with Gasteiger partial charge in [-0.1, -0.05) is 0 Å². The Labute approximate surface area is 178 Å². The first-order chi connectivity index (χ1) is 13.9. The number of fused-ring (bicyclic) bond motifs is 3. The van der Waals surface area contributed by atoms with Crippen molar-refractivity contribution in [2.24, 2.45) is 0 Å². The summed E-state index contributed by atoms with van der Waals surface area (Å²) in [5, 5.41) is 6.00. The number of allylic oxidation sites excluding steroid dienone is 4. The molecule has 147 valence electrons. The Morgan fingerprint density at radius 3 is 2.38 bits per heavy atom. The van der Waals surface area contributed by atoms with Gasteiger partial charge in [-0.3, -0.25) is 0 Å². The molecule has 29 heavy (non-hydrogen) atoms. The Morgan fingerprint density at radius 1 is 1.03 bits per heavy atom. The van der Waals surface area contributed by atoms with Crippen LogP contribution in [0.4, 0.5) is 11.4 Å². The van der Waals surface area contributed by atoms with Crippen LogP contribution in [0, 0.1) is 0 Å². The number of benzene rings is 2. The molecule has 0 heterocycles. The molecule has 0 aliphatic heterocycles. The van der Waals surface area contributed by atoms with Crippen molar-refractivity contribution in [1.82, 2.24) is 0 Å². The molecule has 1 unspecified atom stereocenters. The monoisotopic (exact) mass is 493 g/mol. The van der Waals surface area contributed by atoms with Gasteiger partial charge in [0.1, 0.15) is 0 Å².